The van der Waals surface area contributed by atoms with Gasteiger partial charge in [0.1, 0.15) is 31.6 Å². The summed E-state index contributed by atoms with van der Waals surface area (Å²) < 4.78 is 68.7. The second-order valence-corrected chi connectivity index (χ2v) is 14.4. The van der Waals surface area contributed by atoms with Gasteiger partial charge in [0.15, 0.2) is 11.5 Å². The fourth-order valence-corrected chi connectivity index (χ4v) is 6.78. The Morgan fingerprint density at radius 2 is 0.912 bits per heavy atom. The van der Waals surface area contributed by atoms with Gasteiger partial charge in [0.2, 0.25) is 0 Å². The van der Waals surface area contributed by atoms with Crippen molar-refractivity contribution in [1.29, 1.82) is 0 Å². The average Bonchev–Trinajstić information content (AvgIpc) is 3.15. The van der Waals surface area contributed by atoms with E-state index in [0.717, 1.165) is 12.1 Å². The maximum absolute atomic E-state index is 11.5. The molecule has 0 bridgehead atoms. The van der Waals surface area contributed by atoms with Gasteiger partial charge in [-0.1, -0.05) is 62.4 Å². The standard InChI is InChI=1S/2C18H15N3O6S.Ba/c2*1-2-11-9-13(7-8-15(11)21(23)24)19-20-17-14-6-4-3-5-12(14)10-16(18(17)22)28(25,26)27;/h2*3-10,22H,2H2,1H3,(H,25,26,27);/q;;+2/p-2. The molecule has 0 unspecified atom stereocenters. The van der Waals surface area contributed by atoms with E-state index >= 15 is 0 Å². The zero-order valence-corrected chi connectivity index (χ0v) is 35.9. The number of nitro benzene ring substituents is 2. The smallest absolute Gasteiger partial charge is 0.744 e. The zero-order chi connectivity index (χ0) is 40.9. The van der Waals surface area contributed by atoms with Crippen LogP contribution in [0.3, 0.4) is 0 Å². The zero-order valence-electron chi connectivity index (χ0n) is 29.8. The molecule has 0 amide bonds. The maximum Gasteiger partial charge on any atom is 2.00 e. The quantitative estimate of drug-likeness (QED) is 0.0431. The van der Waals surface area contributed by atoms with Gasteiger partial charge in [0.25, 0.3) is 11.4 Å². The fraction of sp³-hybridized carbons (Fsp3) is 0.111. The number of fused-ring (bicyclic) bond motifs is 2. The second-order valence-electron chi connectivity index (χ2n) is 11.7. The van der Waals surface area contributed by atoms with Crippen molar-refractivity contribution >= 4 is 125 Å². The molecule has 0 heterocycles. The van der Waals surface area contributed by atoms with Crippen molar-refractivity contribution in [1.82, 2.24) is 0 Å². The summed E-state index contributed by atoms with van der Waals surface area (Å²) in [5, 5.41) is 60.0. The summed E-state index contributed by atoms with van der Waals surface area (Å²) in [5.41, 5.74) is 1.01. The Labute approximate surface area is 364 Å². The summed E-state index contributed by atoms with van der Waals surface area (Å²) in [4.78, 5) is 19.5. The van der Waals surface area contributed by atoms with E-state index in [0.29, 0.717) is 45.5 Å². The molecule has 0 saturated carbocycles. The van der Waals surface area contributed by atoms with Crippen molar-refractivity contribution in [3.05, 3.63) is 128 Å². The van der Waals surface area contributed by atoms with E-state index < -0.39 is 51.4 Å². The van der Waals surface area contributed by atoms with Gasteiger partial charge in [-0.2, -0.15) is 10.2 Å². The Morgan fingerprint density at radius 1 is 0.561 bits per heavy atom. The largest absolute Gasteiger partial charge is 2.00 e. The number of hydrogen-bond donors (Lipinski definition) is 2. The van der Waals surface area contributed by atoms with E-state index in [2.05, 4.69) is 20.5 Å². The molecule has 0 aromatic heterocycles. The van der Waals surface area contributed by atoms with Crippen LogP contribution >= 0.6 is 0 Å². The minimum absolute atomic E-state index is 0. The summed E-state index contributed by atoms with van der Waals surface area (Å²) in [6.45, 7) is 3.51. The molecule has 6 rings (SSSR count). The minimum atomic E-state index is -4.93. The van der Waals surface area contributed by atoms with Crippen LogP contribution in [0.5, 0.6) is 11.5 Å². The van der Waals surface area contributed by atoms with Crippen molar-refractivity contribution < 1.29 is 46.0 Å². The van der Waals surface area contributed by atoms with E-state index in [1.54, 1.807) is 62.4 Å². The van der Waals surface area contributed by atoms with Crippen LogP contribution in [0.15, 0.2) is 127 Å². The van der Waals surface area contributed by atoms with E-state index in [-0.39, 0.29) is 83.0 Å². The number of benzene rings is 6. The molecule has 0 aliphatic carbocycles. The van der Waals surface area contributed by atoms with Crippen LogP contribution in [0.1, 0.15) is 25.0 Å². The normalized spacial score (nSPS) is 11.7. The molecule has 0 atom stereocenters. The third-order valence-electron chi connectivity index (χ3n) is 8.27. The average molecular weight is 938 g/mol. The van der Waals surface area contributed by atoms with Crippen molar-refractivity contribution in [3.8, 4) is 11.5 Å². The van der Waals surface area contributed by atoms with Crippen LogP contribution in [0.2, 0.25) is 0 Å². The van der Waals surface area contributed by atoms with Gasteiger partial charge in [-0.05, 0) is 60.0 Å². The van der Waals surface area contributed by atoms with Crippen LogP contribution in [-0.4, -0.2) is 94.9 Å². The molecular formula is C36H28BaN6O12S2. The number of aromatic hydroxyl groups is 2. The monoisotopic (exact) mass is 938 g/mol. The SMILES string of the molecule is CCc1cc(N=Nc2c(O)c(S(=O)(=O)[O-])cc3ccccc23)ccc1[N+](=O)[O-].CCc1cc(N=Nc2c(O)c(S(=O)(=O)[O-])cc3ccccc23)ccc1[N+](=O)[O-].[Ba+2]. The molecule has 288 valence electrons. The van der Waals surface area contributed by atoms with Gasteiger partial charge in [0.05, 0.1) is 31.0 Å². The first-order chi connectivity index (χ1) is 26.4. The second kappa shape index (κ2) is 18.4. The summed E-state index contributed by atoms with van der Waals surface area (Å²) in [6.07, 6.45) is 0.801. The van der Waals surface area contributed by atoms with Crippen molar-refractivity contribution in [2.24, 2.45) is 20.5 Å². The summed E-state index contributed by atoms with van der Waals surface area (Å²) >= 11 is 0. The molecule has 57 heavy (non-hydrogen) atoms. The van der Waals surface area contributed by atoms with Crippen LogP contribution < -0.4 is 0 Å². The predicted molar refractivity (Wildman–Crippen MR) is 206 cm³/mol. The van der Waals surface area contributed by atoms with E-state index in [4.69, 9.17) is 0 Å². The van der Waals surface area contributed by atoms with Crippen molar-refractivity contribution in [3.63, 3.8) is 0 Å². The molecule has 0 spiro atoms. The summed E-state index contributed by atoms with van der Waals surface area (Å²) in [5.74, 6) is -1.59. The summed E-state index contributed by atoms with van der Waals surface area (Å²) in [6, 6.07) is 23.4. The first-order valence-electron chi connectivity index (χ1n) is 16.2. The van der Waals surface area contributed by atoms with Crippen molar-refractivity contribution in [2.45, 2.75) is 36.5 Å². The Morgan fingerprint density at radius 3 is 1.23 bits per heavy atom. The predicted octanol–water partition coefficient (Wildman–Crippen LogP) is 8.29. The number of hydrogen-bond acceptors (Lipinski definition) is 16. The molecule has 0 radical (unpaired) electrons. The Bertz CT molecular complexity index is 2640. The Kier molecular flexibility index (Phi) is 14.4. The molecule has 6 aromatic rings. The number of phenolic OH excluding ortho intramolecular Hbond substituents is 2. The third kappa shape index (κ3) is 10.2. The number of phenols is 2. The molecule has 0 saturated heterocycles. The molecule has 2 N–H and O–H groups in total. The molecule has 6 aromatic carbocycles. The molecule has 18 nitrogen and oxygen atoms in total. The topological polar surface area (TPSA) is 291 Å². The number of nitro groups is 2. The molecule has 21 heteroatoms. The van der Waals surface area contributed by atoms with Gasteiger partial charge in [-0.3, -0.25) is 20.2 Å². The molecular weight excluding hydrogens is 910 g/mol. The maximum atomic E-state index is 11.5. The number of rotatable bonds is 10. The van der Waals surface area contributed by atoms with Gasteiger partial charge < -0.3 is 19.3 Å². The van der Waals surface area contributed by atoms with Gasteiger partial charge >= 0.3 is 48.9 Å². The van der Waals surface area contributed by atoms with Crippen LogP contribution in [0.4, 0.5) is 34.1 Å². The minimum Gasteiger partial charge on any atom is -0.744 e. The van der Waals surface area contributed by atoms with Crippen LogP contribution in [-0.2, 0) is 33.1 Å². The number of nitrogens with zero attached hydrogens (tertiary/aromatic N) is 6. The molecule has 0 aliphatic rings. The fourth-order valence-electron chi connectivity index (χ4n) is 5.57. The Balaban J connectivity index is 0.000000248. The van der Waals surface area contributed by atoms with Gasteiger partial charge in [-0.15, -0.1) is 10.2 Å². The van der Waals surface area contributed by atoms with E-state index in [9.17, 15) is 56.4 Å². The molecule has 0 aliphatic heterocycles. The first kappa shape index (κ1) is 44.5. The van der Waals surface area contributed by atoms with Gasteiger partial charge in [-0.25, -0.2) is 16.8 Å². The van der Waals surface area contributed by atoms with Crippen molar-refractivity contribution in [2.75, 3.05) is 0 Å². The van der Waals surface area contributed by atoms with E-state index in [1.807, 2.05) is 0 Å². The summed E-state index contributed by atoms with van der Waals surface area (Å²) in [7, 11) is -9.87. The number of azo groups is 2. The number of aryl methyl sites for hydroxylation is 2. The first-order valence-corrected chi connectivity index (χ1v) is 19.1. The van der Waals surface area contributed by atoms with Crippen LogP contribution in [0.25, 0.3) is 21.5 Å². The Hall–Kier alpha value is -5.17. The van der Waals surface area contributed by atoms with Gasteiger partial charge in [0, 0.05) is 34.0 Å². The van der Waals surface area contributed by atoms with Crippen LogP contribution in [0, 0.1) is 20.2 Å². The third-order valence-corrected chi connectivity index (χ3v) is 9.97. The van der Waals surface area contributed by atoms with E-state index in [1.165, 1.54) is 36.4 Å². The molecule has 0 fully saturated rings.